The normalized spacial score (nSPS) is 11.4. The quantitative estimate of drug-likeness (QED) is 0.811. The van der Waals surface area contributed by atoms with E-state index < -0.39 is 17.1 Å². The van der Waals surface area contributed by atoms with Crippen LogP contribution < -0.4 is 5.43 Å². The monoisotopic (exact) mass is 237 g/mol. The lowest BCUT2D eigenvalue weighted by Gasteiger charge is -2.09. The lowest BCUT2D eigenvalue weighted by molar-refractivity contribution is 0.606. The molecule has 0 unspecified atom stereocenters. The zero-order valence-corrected chi connectivity index (χ0v) is 9.90. The predicted molar refractivity (Wildman–Crippen MR) is 63.3 cm³/mol. The minimum atomic E-state index is -0.655. The average molecular weight is 237 g/mol. The number of hydrogen-bond donors (Lipinski definition) is 1. The van der Waals surface area contributed by atoms with Crippen LogP contribution in [0.5, 0.6) is 0 Å². The van der Waals surface area contributed by atoms with Gasteiger partial charge in [-0.15, -0.1) is 0 Å². The molecule has 0 amide bonds. The maximum atomic E-state index is 13.8. The van der Waals surface area contributed by atoms with Gasteiger partial charge in [0.15, 0.2) is 5.43 Å². The van der Waals surface area contributed by atoms with E-state index in [1.165, 1.54) is 13.0 Å². The van der Waals surface area contributed by atoms with Crippen LogP contribution in [0.3, 0.4) is 0 Å². The van der Waals surface area contributed by atoms with Gasteiger partial charge in [0.1, 0.15) is 11.6 Å². The van der Waals surface area contributed by atoms with Crippen molar-refractivity contribution >= 4 is 10.9 Å². The summed E-state index contributed by atoms with van der Waals surface area (Å²) in [5.41, 5.74) is 0.203. The molecule has 0 bridgehead atoms. The fourth-order valence-corrected chi connectivity index (χ4v) is 1.81. The molecule has 0 fully saturated rings. The molecule has 1 heterocycles. The molecule has 0 saturated heterocycles. The Balaban J connectivity index is 2.96. The first-order chi connectivity index (χ1) is 7.91. The summed E-state index contributed by atoms with van der Waals surface area (Å²) in [4.78, 5) is 14.6. The second-order valence-corrected chi connectivity index (χ2v) is 4.48. The summed E-state index contributed by atoms with van der Waals surface area (Å²) >= 11 is 0. The van der Waals surface area contributed by atoms with Crippen molar-refractivity contribution < 1.29 is 8.78 Å². The van der Waals surface area contributed by atoms with Crippen LogP contribution in [0.4, 0.5) is 8.78 Å². The third kappa shape index (κ3) is 1.84. The topological polar surface area (TPSA) is 32.9 Å². The van der Waals surface area contributed by atoms with E-state index in [1.807, 2.05) is 13.8 Å². The van der Waals surface area contributed by atoms with Gasteiger partial charge in [0, 0.05) is 11.8 Å². The Labute approximate surface area is 97.3 Å². The molecule has 2 aromatic rings. The van der Waals surface area contributed by atoms with Crippen molar-refractivity contribution in [1.29, 1.82) is 0 Å². The lowest BCUT2D eigenvalue weighted by atomic mass is 10.1. The van der Waals surface area contributed by atoms with Crippen LogP contribution in [0.1, 0.15) is 31.0 Å². The number of rotatable bonds is 1. The number of halogens is 2. The molecule has 0 saturated carbocycles. The molecule has 90 valence electrons. The highest BCUT2D eigenvalue weighted by Gasteiger charge is 2.15. The Kier molecular flexibility index (Phi) is 2.73. The van der Waals surface area contributed by atoms with Crippen molar-refractivity contribution in [2.45, 2.75) is 26.7 Å². The summed E-state index contributed by atoms with van der Waals surface area (Å²) in [5, 5.41) is -0.202. The molecular weight excluding hydrogens is 224 g/mol. The second-order valence-electron chi connectivity index (χ2n) is 4.48. The number of hydrogen-bond acceptors (Lipinski definition) is 1. The highest BCUT2D eigenvalue weighted by Crippen LogP contribution is 2.21. The highest BCUT2D eigenvalue weighted by molar-refractivity contribution is 5.80. The first-order valence-electron chi connectivity index (χ1n) is 5.43. The maximum Gasteiger partial charge on any atom is 0.192 e. The van der Waals surface area contributed by atoms with Crippen LogP contribution in [0.15, 0.2) is 16.9 Å². The van der Waals surface area contributed by atoms with E-state index in [0.29, 0.717) is 5.69 Å². The summed E-state index contributed by atoms with van der Waals surface area (Å²) < 4.78 is 27.5. The van der Waals surface area contributed by atoms with E-state index in [4.69, 9.17) is 0 Å². The molecule has 1 aromatic heterocycles. The third-order valence-corrected chi connectivity index (χ3v) is 2.82. The van der Waals surface area contributed by atoms with Gasteiger partial charge >= 0.3 is 0 Å². The molecule has 0 radical (unpaired) electrons. The van der Waals surface area contributed by atoms with Crippen LogP contribution in [-0.2, 0) is 0 Å². The average Bonchev–Trinajstić information content (AvgIpc) is 2.25. The minimum Gasteiger partial charge on any atom is -0.355 e. The Morgan fingerprint density at radius 1 is 1.24 bits per heavy atom. The molecule has 0 aliphatic carbocycles. The van der Waals surface area contributed by atoms with Gasteiger partial charge in [-0.2, -0.15) is 0 Å². The number of nitrogens with one attached hydrogen (secondary N) is 1. The Morgan fingerprint density at radius 3 is 2.47 bits per heavy atom. The fourth-order valence-electron chi connectivity index (χ4n) is 1.81. The zero-order valence-electron chi connectivity index (χ0n) is 9.90. The van der Waals surface area contributed by atoms with E-state index in [1.54, 1.807) is 0 Å². The van der Waals surface area contributed by atoms with Crippen molar-refractivity contribution in [3.05, 3.63) is 45.2 Å². The predicted octanol–water partition coefficient (Wildman–Crippen LogP) is 3.24. The van der Waals surface area contributed by atoms with Gasteiger partial charge in [0.25, 0.3) is 0 Å². The number of aromatic nitrogens is 1. The first-order valence-corrected chi connectivity index (χ1v) is 5.43. The largest absolute Gasteiger partial charge is 0.355 e. The van der Waals surface area contributed by atoms with Crippen LogP contribution in [0.25, 0.3) is 10.9 Å². The number of H-pyrrole nitrogens is 1. The smallest absolute Gasteiger partial charge is 0.192 e. The van der Waals surface area contributed by atoms with Crippen molar-refractivity contribution in [3.63, 3.8) is 0 Å². The van der Waals surface area contributed by atoms with Crippen LogP contribution in [0, 0.1) is 18.6 Å². The van der Waals surface area contributed by atoms with Gasteiger partial charge in [-0.05, 0) is 24.5 Å². The molecule has 1 aromatic carbocycles. The summed E-state index contributed by atoms with van der Waals surface area (Å²) in [6.45, 7) is 5.19. The van der Waals surface area contributed by atoms with E-state index in [9.17, 15) is 13.6 Å². The Morgan fingerprint density at radius 2 is 1.88 bits per heavy atom. The maximum absolute atomic E-state index is 13.8. The molecule has 1 N–H and O–H groups in total. The first kappa shape index (κ1) is 11.8. The molecule has 0 aliphatic rings. The summed E-state index contributed by atoms with van der Waals surface area (Å²) in [7, 11) is 0. The van der Waals surface area contributed by atoms with E-state index in [0.717, 1.165) is 6.07 Å². The van der Waals surface area contributed by atoms with Gasteiger partial charge in [-0.25, -0.2) is 8.78 Å². The second kappa shape index (κ2) is 3.95. The fraction of sp³-hybridized carbons (Fsp3) is 0.308. The van der Waals surface area contributed by atoms with Gasteiger partial charge in [0.05, 0.1) is 10.9 Å². The van der Waals surface area contributed by atoms with Crippen LogP contribution in [0.2, 0.25) is 0 Å². The number of benzene rings is 1. The van der Waals surface area contributed by atoms with E-state index >= 15 is 0 Å². The SMILES string of the molecule is Cc1cc(F)c2[nH]c(C(C)C)cc(=O)c2c1F. The van der Waals surface area contributed by atoms with Crippen LogP contribution in [-0.4, -0.2) is 4.98 Å². The summed E-state index contributed by atoms with van der Waals surface area (Å²) in [5.74, 6) is -1.20. The molecule has 2 nitrogen and oxygen atoms in total. The standard InChI is InChI=1S/C13H13F2NO/c1-6(2)9-5-10(17)11-12(15)7(3)4-8(14)13(11)16-9/h4-6H,1-3H3,(H,16,17). The number of aromatic amines is 1. The molecule has 0 spiro atoms. The van der Waals surface area contributed by atoms with Gasteiger partial charge < -0.3 is 4.98 Å². The van der Waals surface area contributed by atoms with Gasteiger partial charge in [-0.1, -0.05) is 13.8 Å². The van der Waals surface area contributed by atoms with E-state index in [2.05, 4.69) is 4.98 Å². The lowest BCUT2D eigenvalue weighted by Crippen LogP contribution is -2.10. The van der Waals surface area contributed by atoms with Crippen LogP contribution >= 0.6 is 0 Å². The van der Waals surface area contributed by atoms with Crippen molar-refractivity contribution in [2.24, 2.45) is 0 Å². The summed E-state index contributed by atoms with van der Waals surface area (Å²) in [6.07, 6.45) is 0. The Hall–Kier alpha value is -1.71. The Bertz CT molecular complexity index is 644. The van der Waals surface area contributed by atoms with E-state index in [-0.39, 0.29) is 22.4 Å². The molecule has 2 rings (SSSR count). The molecule has 17 heavy (non-hydrogen) atoms. The van der Waals surface area contributed by atoms with Crippen molar-refractivity contribution in [3.8, 4) is 0 Å². The third-order valence-electron chi connectivity index (χ3n) is 2.82. The number of aryl methyl sites for hydroxylation is 1. The molecule has 0 aliphatic heterocycles. The van der Waals surface area contributed by atoms with Crippen molar-refractivity contribution in [2.75, 3.05) is 0 Å². The highest BCUT2D eigenvalue weighted by atomic mass is 19.1. The zero-order chi connectivity index (χ0) is 12.7. The number of pyridine rings is 1. The molecular formula is C13H13F2NO. The minimum absolute atomic E-state index is 0.0516. The van der Waals surface area contributed by atoms with Gasteiger partial charge in [-0.3, -0.25) is 4.79 Å². The molecule has 0 atom stereocenters. The number of fused-ring (bicyclic) bond motifs is 1. The van der Waals surface area contributed by atoms with Gasteiger partial charge in [0.2, 0.25) is 0 Å². The molecule has 4 heteroatoms. The van der Waals surface area contributed by atoms with Crippen molar-refractivity contribution in [1.82, 2.24) is 4.98 Å². The summed E-state index contributed by atoms with van der Waals surface area (Å²) in [6, 6.07) is 2.42.